The number of thiazole rings is 1. The van der Waals surface area contributed by atoms with Crippen LogP contribution in [0.5, 0.6) is 0 Å². The number of fused-ring (bicyclic) bond motifs is 1. The molecule has 3 heterocycles. The molecule has 0 fully saturated rings. The molecular formula is C13H16N4OS. The molecule has 5 nitrogen and oxygen atoms in total. The summed E-state index contributed by atoms with van der Waals surface area (Å²) in [6, 6.07) is 1.83. The first kappa shape index (κ1) is 12.3. The SMILES string of the molecule is Cc1nc2c(s1)CN(C(=O)C(C)(C)n1cccn1)C2. The van der Waals surface area contributed by atoms with Gasteiger partial charge in [-0.1, -0.05) is 0 Å². The highest BCUT2D eigenvalue weighted by atomic mass is 32.1. The third-order valence-corrected chi connectivity index (χ3v) is 4.45. The van der Waals surface area contributed by atoms with Crippen molar-refractivity contribution in [2.24, 2.45) is 0 Å². The zero-order valence-corrected chi connectivity index (χ0v) is 12.1. The van der Waals surface area contributed by atoms with E-state index in [0.29, 0.717) is 13.1 Å². The number of amides is 1. The van der Waals surface area contributed by atoms with Gasteiger partial charge in [0.15, 0.2) is 0 Å². The van der Waals surface area contributed by atoms with Crippen molar-refractivity contribution >= 4 is 17.2 Å². The highest BCUT2D eigenvalue weighted by Gasteiger charge is 2.37. The van der Waals surface area contributed by atoms with E-state index in [-0.39, 0.29) is 5.91 Å². The molecule has 0 aliphatic carbocycles. The fourth-order valence-electron chi connectivity index (χ4n) is 2.40. The van der Waals surface area contributed by atoms with E-state index >= 15 is 0 Å². The molecule has 1 aliphatic heterocycles. The number of nitrogens with zero attached hydrogens (tertiary/aromatic N) is 4. The standard InChI is InChI=1S/C13H16N4OS/c1-9-15-10-7-16(8-11(10)19-9)12(18)13(2,3)17-6-4-5-14-17/h4-6H,7-8H2,1-3H3. The molecule has 0 N–H and O–H groups in total. The molecule has 6 heteroatoms. The van der Waals surface area contributed by atoms with Gasteiger partial charge < -0.3 is 4.90 Å². The van der Waals surface area contributed by atoms with Crippen molar-refractivity contribution in [2.75, 3.05) is 0 Å². The van der Waals surface area contributed by atoms with Gasteiger partial charge in [-0.15, -0.1) is 11.3 Å². The first-order valence-corrected chi connectivity index (χ1v) is 7.05. The number of carbonyl (C=O) groups is 1. The van der Waals surface area contributed by atoms with Crippen molar-refractivity contribution in [1.82, 2.24) is 19.7 Å². The number of carbonyl (C=O) groups excluding carboxylic acids is 1. The summed E-state index contributed by atoms with van der Waals surface area (Å²) in [7, 11) is 0. The van der Waals surface area contributed by atoms with Crippen molar-refractivity contribution in [1.29, 1.82) is 0 Å². The van der Waals surface area contributed by atoms with Crippen LogP contribution in [0.2, 0.25) is 0 Å². The van der Waals surface area contributed by atoms with E-state index in [1.54, 1.807) is 22.2 Å². The van der Waals surface area contributed by atoms with Crippen molar-refractivity contribution in [3.63, 3.8) is 0 Å². The lowest BCUT2D eigenvalue weighted by Gasteiger charge is -2.29. The molecule has 100 valence electrons. The maximum atomic E-state index is 12.7. The van der Waals surface area contributed by atoms with Gasteiger partial charge in [0, 0.05) is 17.3 Å². The molecule has 0 saturated carbocycles. The summed E-state index contributed by atoms with van der Waals surface area (Å²) in [5.74, 6) is 0.0825. The summed E-state index contributed by atoms with van der Waals surface area (Å²) < 4.78 is 1.71. The van der Waals surface area contributed by atoms with Gasteiger partial charge in [0.1, 0.15) is 5.54 Å². The largest absolute Gasteiger partial charge is 0.329 e. The van der Waals surface area contributed by atoms with Gasteiger partial charge >= 0.3 is 0 Å². The molecule has 1 amide bonds. The lowest BCUT2D eigenvalue weighted by molar-refractivity contribution is -0.140. The molecule has 0 atom stereocenters. The second-order valence-electron chi connectivity index (χ2n) is 5.27. The minimum absolute atomic E-state index is 0.0825. The van der Waals surface area contributed by atoms with Crippen LogP contribution in [0.25, 0.3) is 0 Å². The topological polar surface area (TPSA) is 51.0 Å². The number of aromatic nitrogens is 3. The predicted octanol–water partition coefficient (Wildman–Crippen LogP) is 1.93. The fraction of sp³-hybridized carbons (Fsp3) is 0.462. The highest BCUT2D eigenvalue weighted by Crippen LogP contribution is 2.30. The van der Waals surface area contributed by atoms with Crippen molar-refractivity contribution in [2.45, 2.75) is 39.4 Å². The highest BCUT2D eigenvalue weighted by molar-refractivity contribution is 7.11. The van der Waals surface area contributed by atoms with E-state index in [9.17, 15) is 4.79 Å². The maximum Gasteiger partial charge on any atom is 0.250 e. The molecule has 19 heavy (non-hydrogen) atoms. The van der Waals surface area contributed by atoms with Crippen LogP contribution in [0.1, 0.15) is 29.4 Å². The Morgan fingerprint density at radius 1 is 1.42 bits per heavy atom. The van der Waals surface area contributed by atoms with Gasteiger partial charge in [0.2, 0.25) is 0 Å². The van der Waals surface area contributed by atoms with E-state index < -0.39 is 5.54 Å². The Bertz CT molecular complexity index is 591. The molecule has 0 spiro atoms. The molecular weight excluding hydrogens is 260 g/mol. The van der Waals surface area contributed by atoms with Gasteiger partial charge in [-0.2, -0.15) is 5.10 Å². The minimum Gasteiger partial charge on any atom is -0.329 e. The Hall–Kier alpha value is -1.69. The van der Waals surface area contributed by atoms with Crippen molar-refractivity contribution in [3.8, 4) is 0 Å². The summed E-state index contributed by atoms with van der Waals surface area (Å²) in [5.41, 5.74) is 0.388. The molecule has 3 rings (SSSR count). The Labute approximate surface area is 115 Å². The number of hydrogen-bond donors (Lipinski definition) is 0. The van der Waals surface area contributed by atoms with Gasteiger partial charge in [-0.25, -0.2) is 4.98 Å². The molecule has 0 unspecified atom stereocenters. The van der Waals surface area contributed by atoms with E-state index in [1.807, 2.05) is 37.9 Å². The molecule has 0 radical (unpaired) electrons. The van der Waals surface area contributed by atoms with Crippen LogP contribution in [0, 0.1) is 6.92 Å². The monoisotopic (exact) mass is 276 g/mol. The van der Waals surface area contributed by atoms with E-state index in [4.69, 9.17) is 0 Å². The zero-order chi connectivity index (χ0) is 13.6. The third kappa shape index (κ3) is 1.96. The first-order valence-electron chi connectivity index (χ1n) is 6.23. The summed E-state index contributed by atoms with van der Waals surface area (Å²) in [5, 5.41) is 5.26. The molecule has 0 bridgehead atoms. The van der Waals surface area contributed by atoms with Gasteiger partial charge in [-0.3, -0.25) is 9.48 Å². The van der Waals surface area contributed by atoms with E-state index in [0.717, 1.165) is 10.7 Å². The van der Waals surface area contributed by atoms with Crippen LogP contribution in [0.3, 0.4) is 0 Å². The lowest BCUT2D eigenvalue weighted by atomic mass is 10.0. The Kier molecular flexibility index (Phi) is 2.70. The number of hydrogen-bond acceptors (Lipinski definition) is 4. The molecule has 2 aromatic rings. The average Bonchev–Trinajstić information content (AvgIpc) is 3.01. The first-order chi connectivity index (χ1) is 8.98. The summed E-state index contributed by atoms with van der Waals surface area (Å²) in [6.07, 6.45) is 3.52. The van der Waals surface area contributed by atoms with Crippen LogP contribution in [0.4, 0.5) is 0 Å². The van der Waals surface area contributed by atoms with Crippen molar-refractivity contribution in [3.05, 3.63) is 34.0 Å². The second-order valence-corrected chi connectivity index (χ2v) is 6.56. The number of rotatable bonds is 2. The smallest absolute Gasteiger partial charge is 0.250 e. The van der Waals surface area contributed by atoms with Gasteiger partial charge in [-0.05, 0) is 26.8 Å². The van der Waals surface area contributed by atoms with Crippen LogP contribution >= 0.6 is 11.3 Å². The van der Waals surface area contributed by atoms with E-state index in [2.05, 4.69) is 10.1 Å². The molecule has 0 saturated heterocycles. The van der Waals surface area contributed by atoms with Crippen LogP contribution in [0.15, 0.2) is 18.5 Å². The second kappa shape index (κ2) is 4.16. The number of aryl methyl sites for hydroxylation is 1. The van der Waals surface area contributed by atoms with Gasteiger partial charge in [0.25, 0.3) is 5.91 Å². The van der Waals surface area contributed by atoms with Crippen molar-refractivity contribution < 1.29 is 4.79 Å². The van der Waals surface area contributed by atoms with Gasteiger partial charge in [0.05, 0.1) is 23.8 Å². The fourth-order valence-corrected chi connectivity index (χ4v) is 3.36. The zero-order valence-electron chi connectivity index (χ0n) is 11.3. The summed E-state index contributed by atoms with van der Waals surface area (Å²) in [6.45, 7) is 7.08. The van der Waals surface area contributed by atoms with Crippen LogP contribution in [-0.4, -0.2) is 25.6 Å². The Balaban J connectivity index is 1.81. The quantitative estimate of drug-likeness (QED) is 0.842. The average molecular weight is 276 g/mol. The summed E-state index contributed by atoms with van der Waals surface area (Å²) >= 11 is 1.68. The normalized spacial score (nSPS) is 14.8. The molecule has 0 aromatic carbocycles. The third-order valence-electron chi connectivity index (χ3n) is 3.45. The Morgan fingerprint density at radius 2 is 2.21 bits per heavy atom. The molecule has 1 aliphatic rings. The summed E-state index contributed by atoms with van der Waals surface area (Å²) in [4.78, 5) is 20.2. The lowest BCUT2D eigenvalue weighted by Crippen LogP contribution is -2.45. The van der Waals surface area contributed by atoms with E-state index in [1.165, 1.54) is 4.88 Å². The Morgan fingerprint density at radius 3 is 2.84 bits per heavy atom. The van der Waals surface area contributed by atoms with Crippen LogP contribution in [-0.2, 0) is 23.4 Å². The minimum atomic E-state index is -0.660. The maximum absolute atomic E-state index is 12.7. The molecule has 2 aromatic heterocycles. The van der Waals surface area contributed by atoms with Crippen LogP contribution < -0.4 is 0 Å². The predicted molar refractivity (Wildman–Crippen MR) is 72.7 cm³/mol.